The Morgan fingerprint density at radius 2 is 1.53 bits per heavy atom. The second-order valence-electron chi connectivity index (χ2n) is 8.15. The van der Waals surface area contributed by atoms with Crippen LogP contribution in [0.3, 0.4) is 0 Å². The highest BCUT2D eigenvalue weighted by molar-refractivity contribution is 6.99. The molecule has 3 aromatic rings. The molecular weight excluding hydrogens is 396 g/mol. The van der Waals surface area contributed by atoms with Gasteiger partial charge in [0.05, 0.1) is 13.7 Å². The molecule has 5 nitrogen and oxygen atoms in total. The Morgan fingerprint density at radius 1 is 1.00 bits per heavy atom. The highest BCUT2D eigenvalue weighted by Gasteiger charge is 2.50. The zero-order chi connectivity index (χ0) is 21.8. The number of furan rings is 1. The van der Waals surface area contributed by atoms with Crippen LogP contribution in [0.25, 0.3) is 0 Å². The average Bonchev–Trinajstić information content (AvgIpc) is 3.17. The topological polar surface area (TPSA) is 68.9 Å². The van der Waals surface area contributed by atoms with Crippen molar-refractivity contribution in [3.63, 3.8) is 0 Å². The first-order valence-corrected chi connectivity index (χ1v) is 11.8. The summed E-state index contributed by atoms with van der Waals surface area (Å²) in [6.45, 7) is 6.38. The summed E-state index contributed by atoms with van der Waals surface area (Å²) in [6.07, 6.45) is 0. The van der Waals surface area contributed by atoms with Gasteiger partial charge in [0.25, 0.3) is 8.32 Å². The van der Waals surface area contributed by atoms with Crippen molar-refractivity contribution in [3.05, 3.63) is 83.8 Å². The van der Waals surface area contributed by atoms with Gasteiger partial charge in [-0.3, -0.25) is 0 Å². The van der Waals surface area contributed by atoms with Crippen LogP contribution < -0.4 is 10.4 Å². The highest BCUT2D eigenvalue weighted by atomic mass is 28.4. The van der Waals surface area contributed by atoms with Gasteiger partial charge in [-0.25, -0.2) is 4.79 Å². The van der Waals surface area contributed by atoms with Gasteiger partial charge in [0.1, 0.15) is 23.7 Å². The van der Waals surface area contributed by atoms with Gasteiger partial charge >= 0.3 is 5.97 Å². The van der Waals surface area contributed by atoms with Crippen LogP contribution >= 0.6 is 0 Å². The van der Waals surface area contributed by atoms with Gasteiger partial charge in [-0.05, 0) is 21.5 Å². The molecule has 6 heteroatoms. The van der Waals surface area contributed by atoms with E-state index in [-0.39, 0.29) is 29.6 Å². The van der Waals surface area contributed by atoms with Crippen LogP contribution in [-0.4, -0.2) is 26.5 Å². The minimum absolute atomic E-state index is 0.173. The van der Waals surface area contributed by atoms with E-state index in [0.29, 0.717) is 5.76 Å². The third kappa shape index (κ3) is 4.12. The molecule has 1 aromatic heterocycles. The lowest BCUT2D eigenvalue weighted by atomic mass is 10.2. The van der Waals surface area contributed by atoms with E-state index in [1.807, 2.05) is 36.4 Å². The molecule has 0 saturated carbocycles. The van der Waals surface area contributed by atoms with Crippen LogP contribution in [0.2, 0.25) is 5.04 Å². The predicted molar refractivity (Wildman–Crippen MR) is 118 cm³/mol. The molecule has 30 heavy (non-hydrogen) atoms. The smallest absolute Gasteiger partial charge is 0.341 e. The van der Waals surface area contributed by atoms with Crippen LogP contribution in [0.4, 0.5) is 0 Å². The van der Waals surface area contributed by atoms with Crippen molar-refractivity contribution in [2.24, 2.45) is 0 Å². The third-order valence-electron chi connectivity index (χ3n) is 5.26. The molecule has 0 saturated heterocycles. The number of aliphatic hydroxyl groups is 1. The van der Waals surface area contributed by atoms with Gasteiger partial charge in [0.15, 0.2) is 0 Å². The summed E-state index contributed by atoms with van der Waals surface area (Å²) in [7, 11) is -1.42. The second kappa shape index (κ2) is 9.00. The molecule has 0 spiro atoms. The minimum Gasteiger partial charge on any atom is -0.465 e. The number of hydrogen-bond acceptors (Lipinski definition) is 5. The number of carbonyl (C=O) groups is 1. The fraction of sp³-hybridized carbons (Fsp3) is 0.292. The van der Waals surface area contributed by atoms with Gasteiger partial charge in [-0.15, -0.1) is 0 Å². The van der Waals surface area contributed by atoms with E-state index >= 15 is 0 Å². The zero-order valence-corrected chi connectivity index (χ0v) is 18.8. The Labute approximate surface area is 178 Å². The van der Waals surface area contributed by atoms with Crippen LogP contribution in [0.1, 0.15) is 42.6 Å². The van der Waals surface area contributed by atoms with Crippen LogP contribution in [-0.2, 0) is 22.4 Å². The number of aliphatic hydroxyl groups excluding tert-OH is 1. The summed E-state index contributed by atoms with van der Waals surface area (Å²) in [4.78, 5) is 12.0. The largest absolute Gasteiger partial charge is 0.465 e. The van der Waals surface area contributed by atoms with Gasteiger partial charge in [-0.2, -0.15) is 0 Å². The normalized spacial score (nSPS) is 12.0. The number of rotatable bonds is 7. The van der Waals surface area contributed by atoms with Gasteiger partial charge < -0.3 is 18.7 Å². The number of benzene rings is 2. The number of hydrogen-bond donors (Lipinski definition) is 1. The summed E-state index contributed by atoms with van der Waals surface area (Å²) < 4.78 is 17.3. The molecule has 0 aliphatic heterocycles. The molecule has 0 aliphatic rings. The van der Waals surface area contributed by atoms with E-state index < -0.39 is 14.3 Å². The summed E-state index contributed by atoms with van der Waals surface area (Å²) in [5.74, 6) is 0.120. The molecule has 0 bridgehead atoms. The van der Waals surface area contributed by atoms with E-state index in [9.17, 15) is 9.90 Å². The average molecular weight is 425 g/mol. The Bertz CT molecular complexity index is 934. The fourth-order valence-electron chi connectivity index (χ4n) is 3.90. The predicted octanol–water partition coefficient (Wildman–Crippen LogP) is 3.64. The van der Waals surface area contributed by atoms with Crippen molar-refractivity contribution >= 4 is 24.7 Å². The highest BCUT2D eigenvalue weighted by Crippen LogP contribution is 2.37. The number of ether oxygens (including phenoxy) is 1. The fourth-order valence-corrected chi connectivity index (χ4v) is 8.41. The Morgan fingerprint density at radius 3 is 1.97 bits per heavy atom. The Kier molecular flexibility index (Phi) is 6.60. The maximum atomic E-state index is 12.0. The minimum atomic E-state index is -2.72. The molecule has 158 valence electrons. The van der Waals surface area contributed by atoms with Crippen molar-refractivity contribution in [3.8, 4) is 0 Å². The maximum Gasteiger partial charge on any atom is 0.341 e. The Balaban J connectivity index is 2.07. The number of esters is 1. The monoisotopic (exact) mass is 424 g/mol. The first kappa shape index (κ1) is 22.0. The molecule has 1 heterocycles. The van der Waals surface area contributed by atoms with Crippen molar-refractivity contribution in [1.29, 1.82) is 0 Å². The van der Waals surface area contributed by atoms with Gasteiger partial charge in [0.2, 0.25) is 0 Å². The summed E-state index contributed by atoms with van der Waals surface area (Å²) in [5.41, 5.74) is 0.223. The lowest BCUT2D eigenvalue weighted by Crippen LogP contribution is -2.66. The molecule has 0 fully saturated rings. The first-order valence-electron chi connectivity index (χ1n) is 9.89. The molecule has 3 rings (SSSR count). The van der Waals surface area contributed by atoms with Crippen LogP contribution in [0.15, 0.2) is 71.1 Å². The van der Waals surface area contributed by atoms with Gasteiger partial charge in [0, 0.05) is 0 Å². The summed E-state index contributed by atoms with van der Waals surface area (Å²) in [5, 5.41) is 11.7. The summed E-state index contributed by atoms with van der Waals surface area (Å²) in [6, 6.07) is 22.2. The lowest BCUT2D eigenvalue weighted by Gasteiger charge is -2.42. The SMILES string of the molecule is COC(=O)c1cc(CO[Si](c2ccccc2)(c2ccccc2)C(C)(C)C)oc1CO. The van der Waals surface area contributed by atoms with E-state index in [1.165, 1.54) is 7.11 Å². The molecule has 0 unspecified atom stereocenters. The third-order valence-corrected chi connectivity index (χ3v) is 10.2. The van der Waals surface area contributed by atoms with Crippen molar-refractivity contribution in [1.82, 2.24) is 0 Å². The molecule has 1 N–H and O–H groups in total. The molecule has 2 aromatic carbocycles. The van der Waals surface area contributed by atoms with Crippen LogP contribution in [0, 0.1) is 0 Å². The standard InChI is InChI=1S/C24H28O5Si/c1-24(2,3)30(19-11-7-5-8-12-19,20-13-9-6-10-14-20)28-17-18-15-21(23(26)27-4)22(16-25)29-18/h5-15,25H,16-17H2,1-4H3. The van der Waals surface area contributed by atoms with E-state index in [2.05, 4.69) is 45.0 Å². The zero-order valence-electron chi connectivity index (χ0n) is 17.8. The van der Waals surface area contributed by atoms with E-state index in [0.717, 1.165) is 10.4 Å². The van der Waals surface area contributed by atoms with E-state index in [4.69, 9.17) is 13.6 Å². The quantitative estimate of drug-likeness (QED) is 0.463. The maximum absolute atomic E-state index is 12.0. The van der Waals surface area contributed by atoms with Crippen LogP contribution in [0.5, 0.6) is 0 Å². The molecule has 0 radical (unpaired) electrons. The molecular formula is C24H28O5Si. The van der Waals surface area contributed by atoms with E-state index in [1.54, 1.807) is 6.07 Å². The van der Waals surface area contributed by atoms with Crippen molar-refractivity contribution in [2.75, 3.05) is 7.11 Å². The number of methoxy groups -OCH3 is 1. The lowest BCUT2D eigenvalue weighted by molar-refractivity contribution is 0.0594. The van der Waals surface area contributed by atoms with Crippen molar-refractivity contribution < 1.29 is 23.5 Å². The second-order valence-corrected chi connectivity index (χ2v) is 12.5. The van der Waals surface area contributed by atoms with Gasteiger partial charge in [-0.1, -0.05) is 81.4 Å². The molecule has 0 amide bonds. The van der Waals surface area contributed by atoms with Crippen molar-refractivity contribution in [2.45, 2.75) is 39.0 Å². The first-order chi connectivity index (χ1) is 14.3. The molecule has 0 aliphatic carbocycles. The summed E-state index contributed by atoms with van der Waals surface area (Å²) >= 11 is 0. The molecule has 0 atom stereocenters. The number of carbonyl (C=O) groups excluding carboxylic acids is 1. The Hall–Kier alpha value is -2.67.